The normalized spacial score (nSPS) is 16.6. The second kappa shape index (κ2) is 8.97. The van der Waals surface area contributed by atoms with Crippen LogP contribution in [0.25, 0.3) is 0 Å². The summed E-state index contributed by atoms with van der Waals surface area (Å²) in [6.45, 7) is 5.41. The van der Waals surface area contributed by atoms with Gasteiger partial charge in [0.25, 0.3) is 5.69 Å². The van der Waals surface area contributed by atoms with Gasteiger partial charge in [-0.1, -0.05) is 0 Å². The highest BCUT2D eigenvalue weighted by Crippen LogP contribution is 2.33. The largest absolute Gasteiger partial charge is 0.467 e. The number of esters is 2. The number of anilines is 1. The Bertz CT molecular complexity index is 849. The molecule has 0 aromatic heterocycles. The molecule has 1 aromatic carbocycles. The van der Waals surface area contributed by atoms with Gasteiger partial charge in [-0.2, -0.15) is 0 Å². The first-order valence-corrected chi connectivity index (χ1v) is 9.17. The summed E-state index contributed by atoms with van der Waals surface area (Å²) in [6.07, 6.45) is -0.591. The maximum absolute atomic E-state index is 12.4. The highest BCUT2D eigenvalue weighted by atomic mass is 16.6. The Labute approximate surface area is 173 Å². The van der Waals surface area contributed by atoms with E-state index >= 15 is 0 Å². The van der Waals surface area contributed by atoms with E-state index in [-0.39, 0.29) is 36.6 Å². The van der Waals surface area contributed by atoms with E-state index in [1.54, 1.807) is 20.8 Å². The number of nitro groups is 1. The van der Waals surface area contributed by atoms with Crippen LogP contribution in [0, 0.1) is 10.1 Å². The van der Waals surface area contributed by atoms with Crippen LogP contribution < -0.4 is 4.90 Å². The Morgan fingerprint density at radius 3 is 2.33 bits per heavy atom. The van der Waals surface area contributed by atoms with Crippen LogP contribution in [-0.4, -0.2) is 73.4 Å². The molecule has 0 N–H and O–H groups in total. The van der Waals surface area contributed by atoms with Gasteiger partial charge < -0.3 is 24.0 Å². The van der Waals surface area contributed by atoms with Crippen molar-refractivity contribution < 1.29 is 33.5 Å². The van der Waals surface area contributed by atoms with Gasteiger partial charge >= 0.3 is 18.0 Å². The van der Waals surface area contributed by atoms with Crippen LogP contribution >= 0.6 is 0 Å². The molecule has 0 aliphatic carbocycles. The number of ether oxygens (including phenoxy) is 3. The highest BCUT2D eigenvalue weighted by Gasteiger charge is 2.39. The summed E-state index contributed by atoms with van der Waals surface area (Å²) in [4.78, 5) is 50.4. The molecule has 30 heavy (non-hydrogen) atoms. The van der Waals surface area contributed by atoms with Gasteiger partial charge in [0.1, 0.15) is 17.3 Å². The van der Waals surface area contributed by atoms with E-state index in [1.807, 2.05) is 0 Å². The first-order chi connectivity index (χ1) is 14.0. The summed E-state index contributed by atoms with van der Waals surface area (Å²) < 4.78 is 14.8. The van der Waals surface area contributed by atoms with E-state index in [0.29, 0.717) is 0 Å². The van der Waals surface area contributed by atoms with E-state index in [0.717, 1.165) is 6.07 Å². The zero-order chi connectivity index (χ0) is 22.6. The Balaban J connectivity index is 2.39. The molecule has 1 unspecified atom stereocenters. The quantitative estimate of drug-likeness (QED) is 0.309. The number of amides is 1. The summed E-state index contributed by atoms with van der Waals surface area (Å²) in [5.41, 5.74) is -0.934. The van der Waals surface area contributed by atoms with Gasteiger partial charge in [-0.05, 0) is 32.9 Å². The molecular formula is C19H25N3O8. The molecule has 2 rings (SSSR count). The van der Waals surface area contributed by atoms with Crippen LogP contribution in [-0.2, 0) is 19.0 Å². The maximum atomic E-state index is 12.4. The van der Waals surface area contributed by atoms with Crippen LogP contribution in [0.4, 0.5) is 16.2 Å². The molecule has 1 amide bonds. The molecule has 164 valence electrons. The molecule has 1 aliphatic rings. The van der Waals surface area contributed by atoms with Crippen molar-refractivity contribution in [3.8, 4) is 0 Å². The minimum absolute atomic E-state index is 0.00922. The van der Waals surface area contributed by atoms with E-state index < -0.39 is 34.6 Å². The van der Waals surface area contributed by atoms with Crippen LogP contribution in [0.2, 0.25) is 0 Å². The molecular weight excluding hydrogens is 398 g/mol. The van der Waals surface area contributed by atoms with Crippen molar-refractivity contribution >= 4 is 29.4 Å². The first-order valence-electron chi connectivity index (χ1n) is 9.17. The standard InChI is InChI=1S/C19H25N3O8/c1-19(2,3)30-18(25)20-8-9-21(15(11-20)17(24)29-5)13-7-6-12(16(23)28-4)10-14(13)22(26)27/h6-7,10,15H,8-9,11H2,1-5H3. The number of carbonyl (C=O) groups is 3. The number of hydrogen-bond acceptors (Lipinski definition) is 9. The van der Waals surface area contributed by atoms with Crippen molar-refractivity contribution in [3.63, 3.8) is 0 Å². The van der Waals surface area contributed by atoms with Gasteiger partial charge in [-0.3, -0.25) is 10.1 Å². The van der Waals surface area contributed by atoms with Gasteiger partial charge in [0.2, 0.25) is 0 Å². The topological polar surface area (TPSA) is 129 Å². The molecule has 0 bridgehead atoms. The first kappa shape index (κ1) is 22.9. The van der Waals surface area contributed by atoms with Crippen molar-refractivity contribution in [3.05, 3.63) is 33.9 Å². The van der Waals surface area contributed by atoms with Crippen LogP contribution in [0.3, 0.4) is 0 Å². The molecule has 0 spiro atoms. The van der Waals surface area contributed by atoms with Crippen LogP contribution in [0.15, 0.2) is 18.2 Å². The average molecular weight is 423 g/mol. The van der Waals surface area contributed by atoms with E-state index in [9.17, 15) is 24.5 Å². The van der Waals surface area contributed by atoms with Crippen molar-refractivity contribution in [2.75, 3.05) is 38.8 Å². The maximum Gasteiger partial charge on any atom is 0.410 e. The zero-order valence-corrected chi connectivity index (χ0v) is 17.5. The van der Waals surface area contributed by atoms with Gasteiger partial charge in [0.15, 0.2) is 0 Å². The van der Waals surface area contributed by atoms with Gasteiger partial charge in [0, 0.05) is 19.2 Å². The minimum atomic E-state index is -0.987. The lowest BCUT2D eigenvalue weighted by Gasteiger charge is -2.41. The Morgan fingerprint density at radius 1 is 1.13 bits per heavy atom. The van der Waals surface area contributed by atoms with Crippen LogP contribution in [0.5, 0.6) is 0 Å². The van der Waals surface area contributed by atoms with Gasteiger partial charge in [-0.25, -0.2) is 14.4 Å². The Morgan fingerprint density at radius 2 is 1.80 bits per heavy atom. The van der Waals surface area contributed by atoms with Crippen molar-refractivity contribution in [1.29, 1.82) is 0 Å². The summed E-state index contributed by atoms with van der Waals surface area (Å²) in [5, 5.41) is 11.6. The number of methoxy groups -OCH3 is 2. The third-order valence-electron chi connectivity index (χ3n) is 4.41. The molecule has 1 fully saturated rings. The Kier molecular flexibility index (Phi) is 6.85. The fraction of sp³-hybridized carbons (Fsp3) is 0.526. The minimum Gasteiger partial charge on any atom is -0.467 e. The fourth-order valence-electron chi connectivity index (χ4n) is 3.06. The molecule has 0 saturated carbocycles. The summed E-state index contributed by atoms with van der Waals surface area (Å²) in [6, 6.07) is 2.86. The van der Waals surface area contributed by atoms with E-state index in [2.05, 4.69) is 4.74 Å². The third kappa shape index (κ3) is 5.16. The number of nitro benzene ring substituents is 1. The summed E-state index contributed by atoms with van der Waals surface area (Å²) in [5.74, 6) is -1.38. The molecule has 0 radical (unpaired) electrons. The highest BCUT2D eigenvalue weighted by molar-refractivity contribution is 5.92. The SMILES string of the molecule is COC(=O)c1ccc(N2CCN(C(=O)OC(C)(C)C)CC2C(=O)OC)c([N+](=O)[O-])c1. The van der Waals surface area contributed by atoms with Gasteiger partial charge in [-0.15, -0.1) is 0 Å². The number of benzene rings is 1. The van der Waals surface area contributed by atoms with Crippen LogP contribution in [0.1, 0.15) is 31.1 Å². The molecule has 11 nitrogen and oxygen atoms in total. The lowest BCUT2D eigenvalue weighted by Crippen LogP contribution is -2.59. The second-order valence-corrected chi connectivity index (χ2v) is 7.61. The monoisotopic (exact) mass is 423 g/mol. The number of carbonyl (C=O) groups excluding carboxylic acids is 3. The lowest BCUT2D eigenvalue weighted by atomic mass is 10.1. The molecule has 1 atom stereocenters. The summed E-state index contributed by atoms with van der Waals surface area (Å²) in [7, 11) is 2.37. The van der Waals surface area contributed by atoms with E-state index in [4.69, 9.17) is 9.47 Å². The zero-order valence-electron chi connectivity index (χ0n) is 17.5. The third-order valence-corrected chi connectivity index (χ3v) is 4.41. The Hall–Kier alpha value is -3.37. The number of rotatable bonds is 4. The molecule has 1 saturated heterocycles. The average Bonchev–Trinajstić information content (AvgIpc) is 2.70. The number of hydrogen-bond donors (Lipinski definition) is 0. The fourth-order valence-corrected chi connectivity index (χ4v) is 3.06. The van der Waals surface area contributed by atoms with Crippen molar-refractivity contribution in [2.45, 2.75) is 32.4 Å². The van der Waals surface area contributed by atoms with Crippen molar-refractivity contribution in [1.82, 2.24) is 4.90 Å². The molecule has 1 aromatic rings. The second-order valence-electron chi connectivity index (χ2n) is 7.61. The smallest absolute Gasteiger partial charge is 0.410 e. The van der Waals surface area contributed by atoms with Gasteiger partial charge in [0.05, 0.1) is 31.3 Å². The summed E-state index contributed by atoms with van der Waals surface area (Å²) >= 11 is 0. The van der Waals surface area contributed by atoms with Crippen molar-refractivity contribution in [2.24, 2.45) is 0 Å². The molecule has 11 heteroatoms. The number of piperazine rings is 1. The molecule has 1 heterocycles. The predicted molar refractivity (Wildman–Crippen MR) is 105 cm³/mol. The number of nitrogens with zero attached hydrogens (tertiary/aromatic N) is 3. The predicted octanol–water partition coefficient (Wildman–Crippen LogP) is 1.98. The lowest BCUT2D eigenvalue weighted by molar-refractivity contribution is -0.384. The van der Waals surface area contributed by atoms with E-state index in [1.165, 1.54) is 36.2 Å². The molecule has 1 aliphatic heterocycles.